The van der Waals surface area contributed by atoms with Gasteiger partial charge in [-0.1, -0.05) is 46.8 Å². The van der Waals surface area contributed by atoms with Crippen LogP contribution < -0.4 is 38.8 Å². The van der Waals surface area contributed by atoms with Gasteiger partial charge >= 0.3 is 35.5 Å². The lowest BCUT2D eigenvalue weighted by Gasteiger charge is -2.21. The second kappa shape index (κ2) is 29.8. The van der Waals surface area contributed by atoms with Gasteiger partial charge in [0.25, 0.3) is 0 Å². The van der Waals surface area contributed by atoms with Gasteiger partial charge < -0.3 is 46.4 Å². The molecular formula is C72H82O18. The number of esters is 5. The number of ether oxygens (including phenoxy) is 7. The van der Waals surface area contributed by atoms with Gasteiger partial charge in [0.2, 0.25) is 5.78 Å². The summed E-state index contributed by atoms with van der Waals surface area (Å²) in [4.78, 5) is 94.4. The summed E-state index contributed by atoms with van der Waals surface area (Å²) in [6.45, 7) is 28.7. The number of Topliss-reactive ketones (excluding diaryl/α,β-unsaturated/α-hetero) is 2. The summed E-state index contributed by atoms with van der Waals surface area (Å²) in [7, 11) is 0. The van der Waals surface area contributed by atoms with E-state index in [1.54, 1.807) is 97.5 Å². The first-order chi connectivity index (χ1) is 42.4. The molecule has 0 saturated carbocycles. The molecule has 0 radical (unpaired) electrons. The molecule has 3 aromatic heterocycles. The number of benzene rings is 5. The highest BCUT2D eigenvalue weighted by Gasteiger charge is 2.33. The van der Waals surface area contributed by atoms with Crippen molar-refractivity contribution >= 4 is 74.3 Å². The van der Waals surface area contributed by atoms with Crippen LogP contribution in [0, 0.1) is 27.1 Å². The second-order valence-electron chi connectivity index (χ2n) is 24.9. The number of hydrogen-bond acceptors (Lipinski definition) is 18. The van der Waals surface area contributed by atoms with Crippen molar-refractivity contribution in [3.63, 3.8) is 0 Å². The number of para-hydroxylation sites is 1. The largest absolute Gasteiger partial charge is 0.492 e. The molecule has 0 aliphatic carbocycles. The Kier molecular flexibility index (Phi) is 23.1. The van der Waals surface area contributed by atoms with Crippen molar-refractivity contribution < 1.29 is 80.0 Å². The highest BCUT2D eigenvalue weighted by atomic mass is 16.6. The minimum absolute atomic E-state index is 0.0221. The number of ketones is 2. The Morgan fingerprint density at radius 3 is 1.36 bits per heavy atom. The predicted octanol–water partition coefficient (Wildman–Crippen LogP) is 16.3. The molecule has 0 atom stereocenters. The monoisotopic (exact) mass is 1230 g/mol. The summed E-state index contributed by atoms with van der Waals surface area (Å²) in [5, 5.41) is 2.55. The molecule has 0 spiro atoms. The highest BCUT2D eigenvalue weighted by molar-refractivity contribution is 6.03. The van der Waals surface area contributed by atoms with Gasteiger partial charge in [-0.15, -0.1) is 0 Å². The number of hydrogen-bond donors (Lipinski definition) is 0. The summed E-state index contributed by atoms with van der Waals surface area (Å²) >= 11 is 0. The summed E-state index contributed by atoms with van der Waals surface area (Å²) in [5.41, 5.74) is -0.191. The number of carbonyl (C=O) groups is 7. The molecule has 10 rings (SSSR count). The number of fused-ring (bicyclic) bond motifs is 5. The molecule has 478 valence electrons. The van der Waals surface area contributed by atoms with E-state index < -0.39 is 32.7 Å². The molecule has 0 saturated heterocycles. The van der Waals surface area contributed by atoms with Gasteiger partial charge in [0.05, 0.1) is 68.8 Å². The highest BCUT2D eigenvalue weighted by Crippen LogP contribution is 2.34. The molecule has 0 fully saturated rings. The summed E-state index contributed by atoms with van der Waals surface area (Å²) in [6.07, 6.45) is 7.14. The lowest BCUT2D eigenvalue weighted by molar-refractivity contribution is -0.144. The van der Waals surface area contributed by atoms with Crippen molar-refractivity contribution in [1.29, 1.82) is 0 Å². The van der Waals surface area contributed by atoms with Gasteiger partial charge in [0, 0.05) is 23.3 Å². The van der Waals surface area contributed by atoms with Crippen LogP contribution in [0.4, 0.5) is 0 Å². The Labute approximate surface area is 524 Å². The summed E-state index contributed by atoms with van der Waals surface area (Å²) in [6, 6.07) is 32.4. The second-order valence-corrected chi connectivity index (χ2v) is 24.9. The van der Waals surface area contributed by atoms with Crippen LogP contribution in [0.3, 0.4) is 0 Å². The fourth-order valence-corrected chi connectivity index (χ4v) is 7.56. The molecular weight excluding hydrogens is 1150 g/mol. The van der Waals surface area contributed by atoms with Crippen LogP contribution in [-0.4, -0.2) is 54.6 Å². The number of furan rings is 2. The molecule has 0 amide bonds. The Morgan fingerprint density at radius 2 is 0.833 bits per heavy atom. The fourth-order valence-electron chi connectivity index (χ4n) is 7.56. The van der Waals surface area contributed by atoms with Crippen LogP contribution in [0.5, 0.6) is 40.2 Å². The van der Waals surface area contributed by atoms with E-state index in [0.717, 1.165) is 34.8 Å². The van der Waals surface area contributed by atoms with Crippen LogP contribution in [-0.2, 0) is 24.0 Å². The quantitative estimate of drug-likeness (QED) is 0.0526. The van der Waals surface area contributed by atoms with Crippen LogP contribution in [0.25, 0.3) is 32.9 Å². The lowest BCUT2D eigenvalue weighted by Crippen LogP contribution is -2.28. The molecule has 2 aliphatic heterocycles. The Morgan fingerprint density at radius 1 is 0.411 bits per heavy atom. The van der Waals surface area contributed by atoms with E-state index in [0.29, 0.717) is 88.9 Å². The molecule has 5 heterocycles. The zero-order valence-electron chi connectivity index (χ0n) is 54.1. The van der Waals surface area contributed by atoms with Crippen LogP contribution in [0.1, 0.15) is 163 Å². The van der Waals surface area contributed by atoms with Crippen molar-refractivity contribution in [2.45, 2.75) is 142 Å². The first kappa shape index (κ1) is 69.8. The first-order valence-corrected chi connectivity index (χ1v) is 30.1. The van der Waals surface area contributed by atoms with E-state index in [1.165, 1.54) is 6.07 Å². The molecule has 8 aromatic rings. The summed E-state index contributed by atoms with van der Waals surface area (Å²) in [5.74, 6) is 1.80. The topological polar surface area (TPSA) is 241 Å². The molecule has 0 bridgehead atoms. The smallest absolute Gasteiger partial charge is 0.339 e. The van der Waals surface area contributed by atoms with Crippen molar-refractivity contribution in [2.75, 3.05) is 13.2 Å². The van der Waals surface area contributed by atoms with E-state index in [1.807, 2.05) is 128 Å². The van der Waals surface area contributed by atoms with Crippen molar-refractivity contribution in [2.24, 2.45) is 27.1 Å². The van der Waals surface area contributed by atoms with E-state index in [2.05, 4.69) is 0 Å². The Balaban J connectivity index is 0.000000179. The predicted molar refractivity (Wildman–Crippen MR) is 341 cm³/mol. The van der Waals surface area contributed by atoms with Crippen molar-refractivity contribution in [3.8, 4) is 40.2 Å². The van der Waals surface area contributed by atoms with Crippen LogP contribution >= 0.6 is 0 Å². The Hall–Kier alpha value is -9.32. The average Bonchev–Trinajstić information content (AvgIpc) is 1.02. The molecule has 5 aromatic carbocycles. The Bertz CT molecular complexity index is 3840. The average molecular weight is 1240 g/mol. The third-order valence-electron chi connectivity index (χ3n) is 16.1. The minimum atomic E-state index is -0.586. The standard InChI is InChI=1S/C15H18O4.C15H16O4.C14H16O4.2C14H16O3/c1-4-15(2,3)14(17)19-10-5-6-13-11(9-10)12(16)7-8-18-13;1-4-15(2,3)14(17)19-12-9-13(16)18-11-8-6-5-7-10(11)12;1-4-14(2,3)13(16)18-9-5-6-12-10(7-9)11(15)8-17-12;1-4-14(2,3)13(15)17-11-5-6-12-10(9-11)7-8-16-12;1-4-14(2,3)13(15)17-11-6-5-10-7-8-16-12(10)9-11/h5-6,9H,4,7-8H2,1-3H3;5-9H,4H2,1-3H3;5-7H,4,8H2,1-3H3;2*5-9H,4H2,1-3H3. The van der Waals surface area contributed by atoms with E-state index in [4.69, 9.17) is 46.4 Å². The molecule has 2 aliphatic rings. The lowest BCUT2D eigenvalue weighted by atomic mass is 9.91. The maximum absolute atomic E-state index is 12.1. The summed E-state index contributed by atoms with van der Waals surface area (Å²) < 4.78 is 52.8. The SMILES string of the molecule is CCC(C)(C)C(=O)Oc1cc(=O)oc2ccccc12.CCC(C)(C)C(=O)Oc1ccc2c(c1)C(=O)CCO2.CCC(C)(C)C(=O)Oc1ccc2c(c1)C(=O)CO2.CCC(C)(C)C(=O)Oc1ccc2ccoc2c1.CCC(C)(C)C(=O)Oc1ccc2occc2c1. The molecule has 0 N–H and O–H groups in total. The maximum atomic E-state index is 12.1. The van der Waals surface area contributed by atoms with E-state index >= 15 is 0 Å². The zero-order valence-corrected chi connectivity index (χ0v) is 54.1. The number of rotatable bonds is 15. The zero-order chi connectivity index (χ0) is 66.4. The van der Waals surface area contributed by atoms with E-state index in [-0.39, 0.29) is 53.8 Å². The van der Waals surface area contributed by atoms with Crippen LogP contribution in [0.15, 0.2) is 146 Å². The van der Waals surface area contributed by atoms with Gasteiger partial charge in [0.1, 0.15) is 57.0 Å². The molecule has 0 unspecified atom stereocenters. The third-order valence-corrected chi connectivity index (χ3v) is 16.1. The van der Waals surface area contributed by atoms with Crippen molar-refractivity contribution in [3.05, 3.63) is 149 Å². The van der Waals surface area contributed by atoms with Gasteiger partial charge in [0.15, 0.2) is 12.4 Å². The van der Waals surface area contributed by atoms with Gasteiger partial charge in [-0.25, -0.2) is 4.79 Å². The first-order valence-electron chi connectivity index (χ1n) is 30.1. The van der Waals surface area contributed by atoms with Crippen LogP contribution in [0.2, 0.25) is 0 Å². The minimum Gasteiger partial charge on any atom is -0.492 e. The number of carbonyl (C=O) groups excluding carboxylic acids is 7. The van der Waals surface area contributed by atoms with Gasteiger partial charge in [-0.05, 0) is 192 Å². The molecule has 18 nitrogen and oxygen atoms in total. The molecule has 90 heavy (non-hydrogen) atoms. The normalized spacial score (nSPS) is 12.7. The van der Waals surface area contributed by atoms with E-state index in [9.17, 15) is 38.4 Å². The van der Waals surface area contributed by atoms with Gasteiger partial charge in [-0.2, -0.15) is 0 Å². The molecule has 18 heteroatoms. The maximum Gasteiger partial charge on any atom is 0.339 e. The fraction of sp³-hybridized carbons (Fsp3) is 0.389. The third kappa shape index (κ3) is 18.2. The van der Waals surface area contributed by atoms with Gasteiger partial charge in [-0.3, -0.25) is 33.6 Å². The van der Waals surface area contributed by atoms with Crippen molar-refractivity contribution in [1.82, 2.24) is 0 Å².